The van der Waals surface area contributed by atoms with E-state index in [2.05, 4.69) is 12.2 Å². The second-order valence-corrected chi connectivity index (χ2v) is 6.92. The standard InChI is InChI=1S/C21H24N2O3/c1-14-5-3-4-6-19(14)23-21(24)17(12-22)10-15-9-16-7-8-18(25-2)11-20(16)26-13-15/h7-11,14,19H,3-6,13H2,1-2H3,(H,23,24)/b17-10+. The number of amides is 1. The van der Waals surface area contributed by atoms with Gasteiger partial charge in [0.2, 0.25) is 0 Å². The number of rotatable bonds is 4. The molecule has 1 aliphatic heterocycles. The first-order valence-electron chi connectivity index (χ1n) is 9.05. The number of nitrogens with one attached hydrogen (secondary N) is 1. The van der Waals surface area contributed by atoms with E-state index in [0.29, 0.717) is 12.5 Å². The number of methoxy groups -OCH3 is 1. The minimum Gasteiger partial charge on any atom is -0.497 e. The van der Waals surface area contributed by atoms with Crippen LogP contribution in [0.1, 0.15) is 38.2 Å². The van der Waals surface area contributed by atoms with E-state index in [1.807, 2.05) is 30.3 Å². The Kier molecular flexibility index (Phi) is 5.62. The van der Waals surface area contributed by atoms with Gasteiger partial charge < -0.3 is 14.8 Å². The number of hydrogen-bond acceptors (Lipinski definition) is 4. The summed E-state index contributed by atoms with van der Waals surface area (Å²) in [5.41, 5.74) is 1.82. The van der Waals surface area contributed by atoms with Crippen LogP contribution in [0, 0.1) is 17.2 Å². The van der Waals surface area contributed by atoms with E-state index < -0.39 is 0 Å². The maximum Gasteiger partial charge on any atom is 0.262 e. The second kappa shape index (κ2) is 8.09. The largest absolute Gasteiger partial charge is 0.497 e. The third-order valence-electron chi connectivity index (χ3n) is 5.08. The smallest absolute Gasteiger partial charge is 0.262 e. The van der Waals surface area contributed by atoms with Crippen LogP contribution in [0.4, 0.5) is 0 Å². The van der Waals surface area contributed by atoms with Crippen LogP contribution in [0.2, 0.25) is 0 Å². The molecule has 1 fully saturated rings. The fourth-order valence-corrected chi connectivity index (χ4v) is 3.48. The zero-order chi connectivity index (χ0) is 18.5. The molecule has 0 saturated heterocycles. The SMILES string of the molecule is COc1ccc2c(c1)OCC(/C=C(\C#N)C(=O)NC1CCCCC1C)=C2. The van der Waals surface area contributed by atoms with Crippen LogP contribution >= 0.6 is 0 Å². The number of nitriles is 1. The summed E-state index contributed by atoms with van der Waals surface area (Å²) in [5, 5.41) is 12.5. The van der Waals surface area contributed by atoms with Crippen LogP contribution in [0.5, 0.6) is 11.5 Å². The summed E-state index contributed by atoms with van der Waals surface area (Å²) in [6, 6.07) is 7.76. The van der Waals surface area contributed by atoms with Crippen molar-refractivity contribution in [2.45, 2.75) is 38.6 Å². The summed E-state index contributed by atoms with van der Waals surface area (Å²) in [4.78, 5) is 12.5. The van der Waals surface area contributed by atoms with Crippen molar-refractivity contribution < 1.29 is 14.3 Å². The Labute approximate surface area is 154 Å². The third kappa shape index (κ3) is 4.08. The molecule has 3 rings (SSSR count). The predicted octanol–water partition coefficient (Wildman–Crippen LogP) is 3.62. The average molecular weight is 352 g/mol. The van der Waals surface area contributed by atoms with Gasteiger partial charge in [0.25, 0.3) is 5.91 Å². The van der Waals surface area contributed by atoms with Gasteiger partial charge in [0, 0.05) is 17.7 Å². The van der Waals surface area contributed by atoms with Gasteiger partial charge in [0.1, 0.15) is 29.7 Å². The highest BCUT2D eigenvalue weighted by Gasteiger charge is 2.24. The summed E-state index contributed by atoms with van der Waals surface area (Å²) in [6.45, 7) is 2.47. The normalized spacial score (nSPS) is 22.3. The number of benzene rings is 1. The molecule has 0 aromatic heterocycles. The molecule has 2 atom stereocenters. The van der Waals surface area contributed by atoms with Gasteiger partial charge in [0.05, 0.1) is 7.11 Å². The molecule has 1 aliphatic carbocycles. The summed E-state index contributed by atoms with van der Waals surface area (Å²) in [6.07, 6.45) is 7.99. The molecular formula is C21H24N2O3. The molecule has 1 amide bonds. The van der Waals surface area contributed by atoms with E-state index in [-0.39, 0.29) is 17.5 Å². The maximum atomic E-state index is 12.5. The predicted molar refractivity (Wildman–Crippen MR) is 99.7 cm³/mol. The number of hydrogen-bond donors (Lipinski definition) is 1. The summed E-state index contributed by atoms with van der Waals surface area (Å²) >= 11 is 0. The van der Waals surface area contributed by atoms with Crippen LogP contribution in [0.15, 0.2) is 35.4 Å². The number of ether oxygens (including phenoxy) is 2. The van der Waals surface area contributed by atoms with E-state index >= 15 is 0 Å². The molecule has 1 aromatic rings. The Morgan fingerprint density at radius 1 is 1.38 bits per heavy atom. The molecule has 1 heterocycles. The minimum atomic E-state index is -0.298. The average Bonchev–Trinajstić information content (AvgIpc) is 2.67. The number of carbonyl (C=O) groups is 1. The summed E-state index contributed by atoms with van der Waals surface area (Å²) in [5.74, 6) is 1.62. The molecule has 5 heteroatoms. The molecule has 1 aromatic carbocycles. The van der Waals surface area contributed by atoms with Crippen LogP contribution < -0.4 is 14.8 Å². The monoisotopic (exact) mass is 352 g/mol. The Hall–Kier alpha value is -2.74. The highest BCUT2D eigenvalue weighted by Crippen LogP contribution is 2.31. The fraction of sp³-hybridized carbons (Fsp3) is 0.429. The fourth-order valence-electron chi connectivity index (χ4n) is 3.48. The third-order valence-corrected chi connectivity index (χ3v) is 5.08. The first kappa shape index (κ1) is 18.1. The van der Waals surface area contributed by atoms with Crippen molar-refractivity contribution in [2.24, 2.45) is 5.92 Å². The lowest BCUT2D eigenvalue weighted by Gasteiger charge is -2.29. The van der Waals surface area contributed by atoms with Gasteiger partial charge in [-0.1, -0.05) is 19.8 Å². The molecule has 0 radical (unpaired) electrons. The van der Waals surface area contributed by atoms with Gasteiger partial charge in [-0.3, -0.25) is 4.79 Å². The topological polar surface area (TPSA) is 71.3 Å². The molecule has 1 N–H and O–H groups in total. The van der Waals surface area contributed by atoms with Crippen LogP contribution in [-0.4, -0.2) is 25.7 Å². The Morgan fingerprint density at radius 3 is 2.92 bits per heavy atom. The van der Waals surface area contributed by atoms with Gasteiger partial charge in [-0.05, 0) is 48.6 Å². The molecule has 0 bridgehead atoms. The molecule has 2 unspecified atom stereocenters. The molecule has 1 saturated carbocycles. The second-order valence-electron chi connectivity index (χ2n) is 6.92. The van der Waals surface area contributed by atoms with Gasteiger partial charge >= 0.3 is 0 Å². The van der Waals surface area contributed by atoms with Gasteiger partial charge in [-0.25, -0.2) is 0 Å². The van der Waals surface area contributed by atoms with E-state index in [4.69, 9.17) is 9.47 Å². The Balaban J connectivity index is 1.75. The Bertz CT molecular complexity index is 789. The van der Waals surface area contributed by atoms with Gasteiger partial charge in [0.15, 0.2) is 0 Å². The van der Waals surface area contributed by atoms with Crippen molar-refractivity contribution in [1.82, 2.24) is 5.32 Å². The van der Waals surface area contributed by atoms with E-state index in [9.17, 15) is 10.1 Å². The van der Waals surface area contributed by atoms with Crippen molar-refractivity contribution in [3.63, 3.8) is 0 Å². The van der Waals surface area contributed by atoms with E-state index in [1.54, 1.807) is 13.2 Å². The quantitative estimate of drug-likeness (QED) is 0.664. The Morgan fingerprint density at radius 2 is 2.19 bits per heavy atom. The van der Waals surface area contributed by atoms with E-state index in [0.717, 1.165) is 41.9 Å². The summed E-state index contributed by atoms with van der Waals surface area (Å²) < 4.78 is 10.9. The van der Waals surface area contributed by atoms with Gasteiger partial charge in [-0.2, -0.15) is 5.26 Å². The van der Waals surface area contributed by atoms with Crippen LogP contribution in [0.25, 0.3) is 6.08 Å². The van der Waals surface area contributed by atoms with Crippen LogP contribution in [-0.2, 0) is 4.79 Å². The molecule has 26 heavy (non-hydrogen) atoms. The first-order valence-corrected chi connectivity index (χ1v) is 9.05. The van der Waals surface area contributed by atoms with Crippen molar-refractivity contribution in [3.05, 3.63) is 41.0 Å². The minimum absolute atomic E-state index is 0.120. The molecular weight excluding hydrogens is 328 g/mol. The highest BCUT2D eigenvalue weighted by molar-refractivity contribution is 5.98. The maximum absolute atomic E-state index is 12.5. The lowest BCUT2D eigenvalue weighted by Crippen LogP contribution is -2.41. The lowest BCUT2D eigenvalue weighted by molar-refractivity contribution is -0.118. The highest BCUT2D eigenvalue weighted by atomic mass is 16.5. The zero-order valence-corrected chi connectivity index (χ0v) is 15.2. The molecule has 136 valence electrons. The first-order chi connectivity index (χ1) is 12.6. The van der Waals surface area contributed by atoms with Crippen LogP contribution in [0.3, 0.4) is 0 Å². The lowest BCUT2D eigenvalue weighted by atomic mass is 9.86. The zero-order valence-electron chi connectivity index (χ0n) is 15.2. The van der Waals surface area contributed by atoms with Crippen molar-refractivity contribution in [2.75, 3.05) is 13.7 Å². The van der Waals surface area contributed by atoms with Crippen molar-refractivity contribution in [3.8, 4) is 17.6 Å². The van der Waals surface area contributed by atoms with Crippen molar-refractivity contribution >= 4 is 12.0 Å². The number of carbonyl (C=O) groups excluding carboxylic acids is 1. The molecule has 5 nitrogen and oxygen atoms in total. The van der Waals surface area contributed by atoms with Gasteiger partial charge in [-0.15, -0.1) is 0 Å². The van der Waals surface area contributed by atoms with E-state index in [1.165, 1.54) is 6.42 Å². The number of nitrogens with zero attached hydrogens (tertiary/aromatic N) is 1. The molecule has 0 spiro atoms. The van der Waals surface area contributed by atoms with Crippen molar-refractivity contribution in [1.29, 1.82) is 5.26 Å². The summed E-state index contributed by atoms with van der Waals surface area (Å²) in [7, 11) is 1.61. The molecule has 2 aliphatic rings. The number of fused-ring (bicyclic) bond motifs is 1.